The number of halogens is 10. The van der Waals surface area contributed by atoms with E-state index in [1.165, 1.54) is 24.3 Å². The van der Waals surface area contributed by atoms with Gasteiger partial charge in [0, 0.05) is 24.5 Å². The molecule has 0 bridgehead atoms. The van der Waals surface area contributed by atoms with Gasteiger partial charge in [0.25, 0.3) is 5.91 Å². The zero-order chi connectivity index (χ0) is 39.0. The van der Waals surface area contributed by atoms with E-state index in [4.69, 9.17) is 9.84 Å². The molecule has 4 aromatic carbocycles. The number of hydrogen-bond donors (Lipinski definition) is 2. The summed E-state index contributed by atoms with van der Waals surface area (Å²) in [5, 5.41) is 11.2. The van der Waals surface area contributed by atoms with Crippen molar-refractivity contribution in [2.75, 3.05) is 6.61 Å². The second-order valence-corrected chi connectivity index (χ2v) is 11.9. The molecule has 0 heterocycles. The molecule has 0 saturated heterocycles. The van der Waals surface area contributed by atoms with E-state index in [0.29, 0.717) is 55.2 Å². The van der Waals surface area contributed by atoms with Crippen LogP contribution in [0.1, 0.15) is 64.7 Å². The van der Waals surface area contributed by atoms with Crippen molar-refractivity contribution >= 4 is 11.9 Å². The zero-order valence-corrected chi connectivity index (χ0v) is 27.5. The number of nitrogens with one attached hydrogen (secondary N) is 1. The van der Waals surface area contributed by atoms with Gasteiger partial charge in [-0.15, -0.1) is 0 Å². The number of hydrogen-bond acceptors (Lipinski definition) is 4. The molecular weight excluding hydrogens is 728 g/mol. The molecule has 53 heavy (non-hydrogen) atoms. The number of benzene rings is 4. The highest BCUT2D eigenvalue weighted by molar-refractivity contribution is 5.95. The van der Waals surface area contributed by atoms with Crippen LogP contribution < -0.4 is 14.8 Å². The van der Waals surface area contributed by atoms with Crippen molar-refractivity contribution < 1.29 is 68.1 Å². The second-order valence-electron chi connectivity index (χ2n) is 11.9. The number of aliphatic carboxylic acids is 1. The first-order valence-corrected chi connectivity index (χ1v) is 15.9. The molecule has 2 N–H and O–H groups in total. The maximum atomic E-state index is 15.2. The van der Waals surface area contributed by atoms with Crippen LogP contribution >= 0.6 is 0 Å². The van der Waals surface area contributed by atoms with E-state index < -0.39 is 82.4 Å². The van der Waals surface area contributed by atoms with Crippen molar-refractivity contribution in [2.24, 2.45) is 0 Å². The Morgan fingerprint density at radius 1 is 0.717 bits per heavy atom. The Morgan fingerprint density at radius 2 is 1.38 bits per heavy atom. The number of carbonyl (C=O) groups excluding carboxylic acids is 1. The van der Waals surface area contributed by atoms with Gasteiger partial charge in [-0.3, -0.25) is 9.59 Å². The summed E-state index contributed by atoms with van der Waals surface area (Å²) in [5.74, 6) is -6.72. The van der Waals surface area contributed by atoms with Gasteiger partial charge in [-0.05, 0) is 84.1 Å². The van der Waals surface area contributed by atoms with E-state index in [0.717, 1.165) is 36.4 Å². The minimum Gasteiger partial charge on any atom is -0.494 e. The smallest absolute Gasteiger partial charge is 0.461 e. The molecular formula is C37H31F10NO5. The predicted molar refractivity (Wildman–Crippen MR) is 170 cm³/mol. The molecule has 0 radical (unpaired) electrons. The molecule has 284 valence electrons. The summed E-state index contributed by atoms with van der Waals surface area (Å²) in [6.07, 6.45) is -12.5. The van der Waals surface area contributed by atoms with Crippen LogP contribution in [0.3, 0.4) is 0 Å². The molecule has 0 spiro atoms. The molecule has 16 heteroatoms. The third-order valence-corrected chi connectivity index (χ3v) is 8.02. The highest BCUT2D eigenvalue weighted by atomic mass is 19.4. The molecule has 4 aromatic rings. The maximum Gasteiger partial charge on any atom is 0.461 e. The van der Waals surface area contributed by atoms with E-state index in [-0.39, 0.29) is 24.7 Å². The SMILES string of the molecule is O=C(O)CCCCCCOc1ccc(C[C@@](NC(=O)c2ccc(F)c(C(F)(F)F)c2)(c2ccc(F)cc2)c2cc(F)cc(OC(F)(F)C(F)F)c2)cc1. The number of carbonyl (C=O) groups is 2. The van der Waals surface area contributed by atoms with E-state index in [2.05, 4.69) is 10.1 Å². The summed E-state index contributed by atoms with van der Waals surface area (Å²) in [7, 11) is 0. The Morgan fingerprint density at radius 3 is 2.00 bits per heavy atom. The molecule has 0 unspecified atom stereocenters. The molecule has 1 amide bonds. The standard InChI is InChI=1S/C37H31F10NO5/c38-26-11-9-24(10-12-26)35(25-18-27(39)20-29(19-25)53-37(46,47)34(41)42,48-33(51)23-8-15-31(40)30(17-23)36(43,44)45)21-22-6-13-28(14-7-22)52-16-4-2-1-3-5-32(49)50/h6-15,17-20,34H,1-5,16,21H2,(H,48,51)(H,49,50)/t35-/m1/s1. The third kappa shape index (κ3) is 10.9. The van der Waals surface area contributed by atoms with Gasteiger partial charge in [0.2, 0.25) is 0 Å². The van der Waals surface area contributed by atoms with Crippen molar-refractivity contribution in [2.45, 2.75) is 62.8 Å². The van der Waals surface area contributed by atoms with Crippen LogP contribution in [0.5, 0.6) is 11.5 Å². The number of carboxylic acid groups (broad SMARTS) is 1. The van der Waals surface area contributed by atoms with Gasteiger partial charge in [-0.1, -0.05) is 37.1 Å². The molecule has 0 saturated carbocycles. The van der Waals surface area contributed by atoms with E-state index >= 15 is 4.39 Å². The van der Waals surface area contributed by atoms with Crippen molar-refractivity contribution in [3.8, 4) is 11.5 Å². The van der Waals surface area contributed by atoms with Gasteiger partial charge in [-0.2, -0.15) is 30.7 Å². The number of carboxylic acids is 1. The zero-order valence-electron chi connectivity index (χ0n) is 27.5. The Labute approximate surface area is 296 Å². The fourth-order valence-corrected chi connectivity index (χ4v) is 5.44. The molecule has 4 rings (SSSR count). The first-order valence-electron chi connectivity index (χ1n) is 15.9. The van der Waals surface area contributed by atoms with Gasteiger partial charge in [0.15, 0.2) is 0 Å². The highest BCUT2D eigenvalue weighted by Gasteiger charge is 2.45. The summed E-state index contributed by atoms with van der Waals surface area (Å²) in [6, 6.07) is 13.3. The first kappa shape index (κ1) is 40.5. The summed E-state index contributed by atoms with van der Waals surface area (Å²) in [6.45, 7) is 0.273. The average Bonchev–Trinajstić information content (AvgIpc) is 3.07. The minimum atomic E-state index is -5.22. The Balaban J connectivity index is 1.78. The van der Waals surface area contributed by atoms with E-state index in [9.17, 15) is 49.1 Å². The molecule has 0 aliphatic heterocycles. The lowest BCUT2D eigenvalue weighted by molar-refractivity contribution is -0.253. The first-order chi connectivity index (χ1) is 24.9. The normalized spacial score (nSPS) is 13.0. The lowest BCUT2D eigenvalue weighted by Gasteiger charge is -2.37. The van der Waals surface area contributed by atoms with Gasteiger partial charge in [-0.25, -0.2) is 13.2 Å². The molecule has 0 aliphatic carbocycles. The van der Waals surface area contributed by atoms with Gasteiger partial charge in [0.1, 0.15) is 29.0 Å². The number of rotatable bonds is 17. The Kier molecular flexibility index (Phi) is 13.0. The summed E-state index contributed by atoms with van der Waals surface area (Å²) in [4.78, 5) is 24.4. The summed E-state index contributed by atoms with van der Waals surface area (Å²) >= 11 is 0. The van der Waals surface area contributed by atoms with Crippen LogP contribution in [0.2, 0.25) is 0 Å². The van der Waals surface area contributed by atoms with Crippen LogP contribution in [-0.2, 0) is 22.9 Å². The number of alkyl halides is 7. The number of amides is 1. The van der Waals surface area contributed by atoms with Crippen LogP contribution in [0.15, 0.2) is 84.9 Å². The van der Waals surface area contributed by atoms with Crippen molar-refractivity contribution in [3.63, 3.8) is 0 Å². The fraction of sp³-hybridized carbons (Fsp3) is 0.297. The summed E-state index contributed by atoms with van der Waals surface area (Å²) < 4.78 is 148. The lowest BCUT2D eigenvalue weighted by Crippen LogP contribution is -2.49. The monoisotopic (exact) mass is 759 g/mol. The largest absolute Gasteiger partial charge is 0.494 e. The van der Waals surface area contributed by atoms with E-state index in [1.807, 2.05) is 0 Å². The van der Waals surface area contributed by atoms with Crippen molar-refractivity contribution in [1.82, 2.24) is 5.32 Å². The quantitative estimate of drug-likeness (QED) is 0.0828. The number of unbranched alkanes of at least 4 members (excludes halogenated alkanes) is 3. The minimum absolute atomic E-state index is 0.0484. The van der Waals surface area contributed by atoms with Gasteiger partial charge in [0.05, 0.1) is 17.7 Å². The topological polar surface area (TPSA) is 84.9 Å². The van der Waals surface area contributed by atoms with Crippen LogP contribution in [-0.4, -0.2) is 36.1 Å². The maximum absolute atomic E-state index is 15.2. The summed E-state index contributed by atoms with van der Waals surface area (Å²) in [5.41, 5.74) is -4.87. The lowest BCUT2D eigenvalue weighted by atomic mass is 9.77. The van der Waals surface area contributed by atoms with Crippen molar-refractivity contribution in [3.05, 3.63) is 130 Å². The highest BCUT2D eigenvalue weighted by Crippen LogP contribution is 2.39. The third-order valence-electron chi connectivity index (χ3n) is 8.02. The molecule has 0 aliphatic rings. The van der Waals surface area contributed by atoms with Crippen LogP contribution in [0.25, 0.3) is 0 Å². The number of ether oxygens (including phenoxy) is 2. The average molecular weight is 760 g/mol. The van der Waals surface area contributed by atoms with Gasteiger partial charge < -0.3 is 19.9 Å². The fourth-order valence-electron chi connectivity index (χ4n) is 5.44. The van der Waals surface area contributed by atoms with Crippen LogP contribution in [0.4, 0.5) is 43.9 Å². The Bertz CT molecular complexity index is 1870. The molecule has 1 atom stereocenters. The molecule has 0 aromatic heterocycles. The molecule has 0 fully saturated rings. The van der Waals surface area contributed by atoms with E-state index in [1.54, 1.807) is 0 Å². The van der Waals surface area contributed by atoms with Crippen LogP contribution in [0, 0.1) is 17.5 Å². The van der Waals surface area contributed by atoms with Crippen molar-refractivity contribution in [1.29, 1.82) is 0 Å². The Hall–Kier alpha value is -5.28. The second kappa shape index (κ2) is 17.0. The molecule has 6 nitrogen and oxygen atoms in total. The van der Waals surface area contributed by atoms with Gasteiger partial charge >= 0.3 is 24.7 Å². The predicted octanol–water partition coefficient (Wildman–Crippen LogP) is 9.69.